The summed E-state index contributed by atoms with van der Waals surface area (Å²) in [4.78, 5) is 17.4. The van der Waals surface area contributed by atoms with E-state index in [4.69, 9.17) is 4.99 Å². The summed E-state index contributed by atoms with van der Waals surface area (Å²) in [6.07, 6.45) is -4.97. The van der Waals surface area contributed by atoms with Crippen LogP contribution < -0.4 is 5.32 Å². The van der Waals surface area contributed by atoms with Crippen molar-refractivity contribution in [2.75, 3.05) is 6.54 Å². The lowest BCUT2D eigenvalue weighted by Crippen LogP contribution is -2.39. The Hall–Kier alpha value is -3.01. The normalized spacial score (nSPS) is 15.7. The van der Waals surface area contributed by atoms with Gasteiger partial charge in [-0.1, -0.05) is 29.8 Å². The lowest BCUT2D eigenvalue weighted by molar-refractivity contribution is -0.173. The lowest BCUT2D eigenvalue weighted by atomic mass is 9.99. The Bertz CT molecular complexity index is 1190. The molecule has 1 atom stereocenters. The molecule has 0 unspecified atom stereocenters. The highest BCUT2D eigenvalue weighted by Gasteiger charge is 2.39. The molecule has 0 fully saturated rings. The third-order valence-corrected chi connectivity index (χ3v) is 6.47. The number of benzene rings is 1. The fraction of sp³-hybridized carbons (Fsp3) is 0.333. The maximum Gasteiger partial charge on any atom is 0.471 e. The molecule has 1 N–H and O–H groups in total. The first kappa shape index (κ1) is 21.2. The van der Waals surface area contributed by atoms with Crippen LogP contribution in [0.2, 0.25) is 0 Å². The van der Waals surface area contributed by atoms with Crippen molar-refractivity contribution >= 4 is 23.0 Å². The molecule has 31 heavy (non-hydrogen) atoms. The third-order valence-electron chi connectivity index (χ3n) is 5.28. The average molecular weight is 447 g/mol. The van der Waals surface area contributed by atoms with E-state index in [2.05, 4.69) is 10.2 Å². The number of amides is 1. The molecule has 0 radical (unpaired) electrons. The van der Waals surface area contributed by atoms with Crippen LogP contribution in [0.25, 0.3) is 5.00 Å². The molecule has 6 nitrogen and oxygen atoms in total. The zero-order valence-electron chi connectivity index (χ0n) is 17.3. The van der Waals surface area contributed by atoms with Crippen LogP contribution in [0.4, 0.5) is 13.2 Å². The predicted molar refractivity (Wildman–Crippen MR) is 112 cm³/mol. The number of carbonyl (C=O) groups excluding carboxylic acids is 1. The fourth-order valence-electron chi connectivity index (χ4n) is 3.53. The molecule has 1 aliphatic heterocycles. The van der Waals surface area contributed by atoms with Gasteiger partial charge in [-0.05, 0) is 33.3 Å². The van der Waals surface area contributed by atoms with Crippen molar-refractivity contribution in [2.45, 2.75) is 39.9 Å². The number of fused-ring (bicyclic) bond motifs is 3. The summed E-state index contributed by atoms with van der Waals surface area (Å²) in [7, 11) is 0. The molecule has 1 amide bonds. The van der Waals surface area contributed by atoms with E-state index < -0.39 is 18.1 Å². The molecule has 0 aliphatic carbocycles. The maximum atomic E-state index is 12.7. The van der Waals surface area contributed by atoms with Crippen molar-refractivity contribution in [3.05, 3.63) is 63.0 Å². The summed E-state index contributed by atoms with van der Waals surface area (Å²) in [5.41, 5.74) is 4.53. The van der Waals surface area contributed by atoms with Gasteiger partial charge in [0, 0.05) is 22.5 Å². The summed E-state index contributed by atoms with van der Waals surface area (Å²) in [5, 5.41) is 11.1. The van der Waals surface area contributed by atoms with Gasteiger partial charge in [0.05, 0.1) is 5.71 Å². The minimum Gasteiger partial charge on any atom is -0.346 e. The second-order valence-electron chi connectivity index (χ2n) is 7.47. The highest BCUT2D eigenvalue weighted by Crippen LogP contribution is 2.38. The number of hydrogen-bond acceptors (Lipinski definition) is 5. The van der Waals surface area contributed by atoms with Crippen molar-refractivity contribution < 1.29 is 18.0 Å². The van der Waals surface area contributed by atoms with Crippen LogP contribution in [0.15, 0.2) is 29.3 Å². The number of nitrogens with one attached hydrogen (secondary N) is 1. The summed E-state index contributed by atoms with van der Waals surface area (Å²) in [5.74, 6) is -1.01. The van der Waals surface area contributed by atoms with E-state index in [0.29, 0.717) is 17.4 Å². The number of halogens is 3. The quantitative estimate of drug-likeness (QED) is 0.656. The Morgan fingerprint density at radius 2 is 1.81 bits per heavy atom. The van der Waals surface area contributed by atoms with E-state index in [1.807, 2.05) is 54.9 Å². The molecule has 3 heterocycles. The monoisotopic (exact) mass is 447 g/mol. The second-order valence-corrected chi connectivity index (χ2v) is 8.67. The number of hydrogen-bond donors (Lipinski definition) is 1. The first-order chi connectivity index (χ1) is 14.6. The highest BCUT2D eigenvalue weighted by molar-refractivity contribution is 7.15. The number of thiophene rings is 1. The van der Waals surface area contributed by atoms with Crippen LogP contribution in [0, 0.1) is 27.7 Å². The van der Waals surface area contributed by atoms with Gasteiger partial charge < -0.3 is 5.32 Å². The number of aliphatic imine (C=N–C) groups is 1. The van der Waals surface area contributed by atoms with Crippen LogP contribution in [0.1, 0.15) is 44.8 Å². The summed E-state index contributed by atoms with van der Waals surface area (Å²) in [6, 6.07) is 6.97. The Morgan fingerprint density at radius 3 is 2.45 bits per heavy atom. The molecule has 1 aliphatic rings. The van der Waals surface area contributed by atoms with Crippen molar-refractivity contribution in [2.24, 2.45) is 4.99 Å². The van der Waals surface area contributed by atoms with Gasteiger partial charge in [-0.2, -0.15) is 13.2 Å². The van der Waals surface area contributed by atoms with Gasteiger partial charge in [0.25, 0.3) is 0 Å². The molecule has 1 aromatic carbocycles. The zero-order valence-corrected chi connectivity index (χ0v) is 18.1. The molecule has 162 valence electrons. The van der Waals surface area contributed by atoms with E-state index in [9.17, 15) is 18.0 Å². The first-order valence-electron chi connectivity index (χ1n) is 9.60. The summed E-state index contributed by atoms with van der Waals surface area (Å²) in [6.45, 7) is 7.43. The first-order valence-corrected chi connectivity index (χ1v) is 10.4. The van der Waals surface area contributed by atoms with Gasteiger partial charge in [0.1, 0.15) is 16.9 Å². The Kier molecular flexibility index (Phi) is 5.20. The molecule has 0 spiro atoms. The molecule has 4 rings (SSSR count). The number of aryl methyl sites for hydroxylation is 3. The van der Waals surface area contributed by atoms with Crippen LogP contribution in [0.5, 0.6) is 0 Å². The number of carbonyl (C=O) groups is 1. The van der Waals surface area contributed by atoms with E-state index in [1.54, 1.807) is 18.3 Å². The SMILES string of the molecule is Cc1ccc(C2=N[C@@H](CNC(=O)C(F)(F)F)c3nnc(C)n3-c3sc(C)c(C)c32)cc1. The Balaban J connectivity index is 1.89. The second kappa shape index (κ2) is 7.60. The highest BCUT2D eigenvalue weighted by atomic mass is 32.1. The van der Waals surface area contributed by atoms with Crippen molar-refractivity contribution in [1.82, 2.24) is 20.1 Å². The smallest absolute Gasteiger partial charge is 0.346 e. The van der Waals surface area contributed by atoms with Gasteiger partial charge >= 0.3 is 12.1 Å². The molecule has 0 saturated heterocycles. The molecule has 10 heteroatoms. The Morgan fingerprint density at radius 1 is 1.13 bits per heavy atom. The topological polar surface area (TPSA) is 72.2 Å². The van der Waals surface area contributed by atoms with Gasteiger partial charge in [-0.25, -0.2) is 0 Å². The molecule has 2 aromatic heterocycles. The van der Waals surface area contributed by atoms with Crippen molar-refractivity contribution in [3.8, 4) is 5.00 Å². The van der Waals surface area contributed by atoms with Crippen LogP contribution in [0.3, 0.4) is 0 Å². The van der Waals surface area contributed by atoms with E-state index in [-0.39, 0.29) is 6.54 Å². The van der Waals surface area contributed by atoms with Gasteiger partial charge in [0.2, 0.25) is 0 Å². The standard InChI is InChI=1S/C21H20F3N5OS/c1-10-5-7-14(8-6-10)17-16-11(2)12(3)31-19(16)29-13(4)27-28-18(29)15(26-17)9-25-20(30)21(22,23)24/h5-8,15H,9H2,1-4H3,(H,25,30)/t15-/m0/s1. The molecular formula is C21H20F3N5OS. The van der Waals surface area contributed by atoms with E-state index >= 15 is 0 Å². The third kappa shape index (κ3) is 3.76. The van der Waals surface area contributed by atoms with Crippen LogP contribution in [-0.4, -0.2) is 39.1 Å². The molecular weight excluding hydrogens is 427 g/mol. The summed E-state index contributed by atoms with van der Waals surface area (Å²) >= 11 is 1.56. The molecule has 0 bridgehead atoms. The van der Waals surface area contributed by atoms with Crippen LogP contribution >= 0.6 is 11.3 Å². The fourth-order valence-corrected chi connectivity index (χ4v) is 4.74. The van der Waals surface area contributed by atoms with Crippen molar-refractivity contribution in [1.29, 1.82) is 0 Å². The molecule has 3 aromatic rings. The van der Waals surface area contributed by atoms with Gasteiger partial charge in [0.15, 0.2) is 5.82 Å². The minimum absolute atomic E-state index is 0.348. The average Bonchev–Trinajstić information content (AvgIpc) is 3.17. The summed E-state index contributed by atoms with van der Waals surface area (Å²) < 4.78 is 40.1. The molecule has 0 saturated carbocycles. The minimum atomic E-state index is -4.97. The maximum absolute atomic E-state index is 12.7. The number of nitrogens with zero attached hydrogens (tertiary/aromatic N) is 4. The predicted octanol–water partition coefficient (Wildman–Crippen LogP) is 4.13. The van der Waals surface area contributed by atoms with Crippen LogP contribution in [-0.2, 0) is 4.79 Å². The van der Waals surface area contributed by atoms with Gasteiger partial charge in [-0.15, -0.1) is 21.5 Å². The number of aromatic nitrogens is 3. The zero-order chi connectivity index (χ0) is 22.5. The lowest BCUT2D eigenvalue weighted by Gasteiger charge is -2.14. The Labute approximate surface area is 180 Å². The number of alkyl halides is 3. The van der Waals surface area contributed by atoms with Crippen molar-refractivity contribution in [3.63, 3.8) is 0 Å². The van der Waals surface area contributed by atoms with Gasteiger partial charge in [-0.3, -0.25) is 14.4 Å². The van der Waals surface area contributed by atoms with E-state index in [1.165, 1.54) is 0 Å². The largest absolute Gasteiger partial charge is 0.471 e. The number of rotatable bonds is 3. The van der Waals surface area contributed by atoms with E-state index in [0.717, 1.165) is 32.1 Å².